The first-order valence-corrected chi connectivity index (χ1v) is 11.2. The summed E-state index contributed by atoms with van der Waals surface area (Å²) in [5.41, 5.74) is 6.04. The number of benzene rings is 1. The SMILES string of the molecule is CCC=C1Oc2cc(N3CCN(CC)CC3)ccc2C=C1c1cn2cc(C)ncc2n1. The van der Waals surface area contributed by atoms with E-state index in [-0.39, 0.29) is 0 Å². The quantitative estimate of drug-likeness (QED) is 0.632. The molecule has 0 aliphatic carbocycles. The lowest BCUT2D eigenvalue weighted by atomic mass is 10.0. The normalized spacial score (nSPS) is 18.2. The highest BCUT2D eigenvalue weighted by atomic mass is 16.5. The molecule has 0 saturated carbocycles. The van der Waals surface area contributed by atoms with Crippen molar-refractivity contribution in [2.45, 2.75) is 27.2 Å². The third-order valence-electron chi connectivity index (χ3n) is 6.10. The van der Waals surface area contributed by atoms with Crippen molar-refractivity contribution in [1.82, 2.24) is 19.3 Å². The van der Waals surface area contributed by atoms with Gasteiger partial charge in [0.05, 0.1) is 17.6 Å². The van der Waals surface area contributed by atoms with Crippen molar-refractivity contribution in [1.29, 1.82) is 0 Å². The largest absolute Gasteiger partial charge is 0.456 e. The molecule has 6 nitrogen and oxygen atoms in total. The minimum absolute atomic E-state index is 0.838. The molecule has 6 heteroatoms. The molecule has 0 N–H and O–H groups in total. The number of anilines is 1. The molecule has 3 aromatic rings. The Morgan fingerprint density at radius 2 is 1.94 bits per heavy atom. The van der Waals surface area contributed by atoms with Crippen LogP contribution in [-0.2, 0) is 0 Å². The Bertz CT molecular complexity index is 1170. The maximum Gasteiger partial charge on any atom is 0.155 e. The summed E-state index contributed by atoms with van der Waals surface area (Å²) in [4.78, 5) is 14.1. The Balaban J connectivity index is 1.49. The van der Waals surface area contributed by atoms with E-state index in [1.165, 1.54) is 5.69 Å². The molecular formula is C25H29N5O. The number of piperazine rings is 1. The van der Waals surface area contributed by atoms with Crippen molar-refractivity contribution in [3.8, 4) is 5.75 Å². The van der Waals surface area contributed by atoms with E-state index in [1.807, 2.05) is 23.7 Å². The second-order valence-electron chi connectivity index (χ2n) is 8.20. The van der Waals surface area contributed by atoms with E-state index in [0.29, 0.717) is 0 Å². The zero-order chi connectivity index (χ0) is 21.4. The molecule has 2 aliphatic heterocycles. The Morgan fingerprint density at radius 3 is 2.71 bits per heavy atom. The van der Waals surface area contributed by atoms with E-state index in [2.05, 4.69) is 65.2 Å². The fraction of sp³-hybridized carbons (Fsp3) is 0.360. The second kappa shape index (κ2) is 8.19. The second-order valence-corrected chi connectivity index (χ2v) is 8.20. The minimum atomic E-state index is 0.838. The van der Waals surface area contributed by atoms with Gasteiger partial charge in [0.25, 0.3) is 0 Å². The van der Waals surface area contributed by atoms with Crippen LogP contribution in [-0.4, -0.2) is 52.0 Å². The van der Waals surface area contributed by atoms with Gasteiger partial charge < -0.3 is 18.9 Å². The Labute approximate surface area is 183 Å². The zero-order valence-electron chi connectivity index (χ0n) is 18.5. The van der Waals surface area contributed by atoms with Crippen LogP contribution in [0.2, 0.25) is 0 Å². The van der Waals surface area contributed by atoms with Gasteiger partial charge >= 0.3 is 0 Å². The van der Waals surface area contributed by atoms with Crippen LogP contribution in [0, 0.1) is 6.92 Å². The number of fused-ring (bicyclic) bond motifs is 2. The third-order valence-corrected chi connectivity index (χ3v) is 6.10. The van der Waals surface area contributed by atoms with Gasteiger partial charge in [-0.2, -0.15) is 0 Å². The van der Waals surface area contributed by atoms with Crippen molar-refractivity contribution >= 4 is 23.0 Å². The fourth-order valence-corrected chi connectivity index (χ4v) is 4.32. The van der Waals surface area contributed by atoms with E-state index in [4.69, 9.17) is 9.72 Å². The molecule has 1 fully saturated rings. The number of likely N-dealkylation sites (N-methyl/N-ethyl adjacent to an activating group) is 1. The first-order valence-electron chi connectivity index (χ1n) is 11.2. The van der Waals surface area contributed by atoms with Crippen LogP contribution >= 0.6 is 0 Å². The summed E-state index contributed by atoms with van der Waals surface area (Å²) in [6.07, 6.45) is 11.1. The third kappa shape index (κ3) is 3.83. The summed E-state index contributed by atoms with van der Waals surface area (Å²) in [6, 6.07) is 6.56. The average Bonchev–Trinajstić information content (AvgIpc) is 3.21. The molecule has 0 atom stereocenters. The lowest BCUT2D eigenvalue weighted by Gasteiger charge is -2.36. The Hall–Kier alpha value is -3.12. The van der Waals surface area contributed by atoms with E-state index in [0.717, 1.165) is 78.8 Å². The molecule has 0 radical (unpaired) electrons. The molecule has 0 spiro atoms. The van der Waals surface area contributed by atoms with Crippen LogP contribution in [0.4, 0.5) is 5.69 Å². The van der Waals surface area contributed by atoms with Gasteiger partial charge in [0.2, 0.25) is 0 Å². The molecular weight excluding hydrogens is 386 g/mol. The molecule has 2 aromatic heterocycles. The van der Waals surface area contributed by atoms with Gasteiger partial charge in [-0.1, -0.05) is 13.8 Å². The molecule has 2 aliphatic rings. The summed E-state index contributed by atoms with van der Waals surface area (Å²) < 4.78 is 8.45. The number of rotatable bonds is 4. The van der Waals surface area contributed by atoms with Gasteiger partial charge in [-0.25, -0.2) is 4.98 Å². The minimum Gasteiger partial charge on any atom is -0.456 e. The number of hydrogen-bond acceptors (Lipinski definition) is 5. The molecule has 1 saturated heterocycles. The summed E-state index contributed by atoms with van der Waals surface area (Å²) >= 11 is 0. The van der Waals surface area contributed by atoms with Gasteiger partial charge in [0, 0.05) is 61.5 Å². The first kappa shape index (κ1) is 19.8. The number of allylic oxidation sites excluding steroid dienone is 2. The molecule has 31 heavy (non-hydrogen) atoms. The zero-order valence-corrected chi connectivity index (χ0v) is 18.5. The van der Waals surface area contributed by atoms with Crippen molar-refractivity contribution < 1.29 is 4.74 Å². The highest BCUT2D eigenvalue weighted by Gasteiger charge is 2.23. The first-order chi connectivity index (χ1) is 15.1. The maximum atomic E-state index is 6.42. The summed E-state index contributed by atoms with van der Waals surface area (Å²) in [5, 5.41) is 0. The van der Waals surface area contributed by atoms with Gasteiger partial charge in [0.1, 0.15) is 11.5 Å². The van der Waals surface area contributed by atoms with E-state index in [1.54, 1.807) is 0 Å². The maximum absolute atomic E-state index is 6.42. The Kier molecular flexibility index (Phi) is 5.24. The predicted molar refractivity (Wildman–Crippen MR) is 125 cm³/mol. The predicted octanol–water partition coefficient (Wildman–Crippen LogP) is 4.41. The van der Waals surface area contributed by atoms with E-state index in [9.17, 15) is 0 Å². The van der Waals surface area contributed by atoms with Crippen LogP contribution in [0.5, 0.6) is 5.75 Å². The fourth-order valence-electron chi connectivity index (χ4n) is 4.32. The van der Waals surface area contributed by atoms with Crippen LogP contribution < -0.4 is 9.64 Å². The number of nitrogens with zero attached hydrogens (tertiary/aromatic N) is 5. The van der Waals surface area contributed by atoms with Crippen molar-refractivity contribution in [3.05, 3.63) is 65.6 Å². The van der Waals surface area contributed by atoms with E-state index < -0.39 is 0 Å². The van der Waals surface area contributed by atoms with Gasteiger partial charge in [-0.15, -0.1) is 0 Å². The number of imidazole rings is 1. The van der Waals surface area contributed by atoms with Gasteiger partial charge in [-0.3, -0.25) is 4.98 Å². The molecule has 1 aromatic carbocycles. The smallest absolute Gasteiger partial charge is 0.155 e. The Morgan fingerprint density at radius 1 is 1.10 bits per heavy atom. The number of ether oxygens (including phenoxy) is 1. The number of aryl methyl sites for hydroxylation is 1. The standard InChI is InChI=1S/C25H29N5O/c1-4-6-23-21(22-17-30-16-18(3)26-15-25(30)27-22)13-19-7-8-20(14-24(19)31-23)29-11-9-28(5-2)10-12-29/h6-8,13-17H,4-5,9-12H2,1-3H3. The average molecular weight is 416 g/mol. The lowest BCUT2D eigenvalue weighted by molar-refractivity contribution is 0.271. The highest BCUT2D eigenvalue weighted by molar-refractivity contribution is 5.92. The van der Waals surface area contributed by atoms with Gasteiger partial charge in [0.15, 0.2) is 5.65 Å². The molecule has 0 bridgehead atoms. The number of aromatic nitrogens is 3. The van der Waals surface area contributed by atoms with Gasteiger partial charge in [-0.05, 0) is 44.2 Å². The summed E-state index contributed by atoms with van der Waals surface area (Å²) in [5.74, 6) is 1.79. The molecule has 5 rings (SSSR count). The van der Waals surface area contributed by atoms with Crippen LogP contribution in [0.3, 0.4) is 0 Å². The summed E-state index contributed by atoms with van der Waals surface area (Å²) in [7, 11) is 0. The topological polar surface area (TPSA) is 45.9 Å². The van der Waals surface area contributed by atoms with Crippen molar-refractivity contribution in [3.63, 3.8) is 0 Å². The van der Waals surface area contributed by atoms with Crippen LogP contribution in [0.1, 0.15) is 37.2 Å². The van der Waals surface area contributed by atoms with E-state index >= 15 is 0 Å². The van der Waals surface area contributed by atoms with Crippen molar-refractivity contribution in [2.24, 2.45) is 0 Å². The monoisotopic (exact) mass is 415 g/mol. The van der Waals surface area contributed by atoms with Crippen LogP contribution in [0.15, 0.2) is 48.6 Å². The molecule has 160 valence electrons. The molecule has 4 heterocycles. The van der Waals surface area contributed by atoms with Crippen molar-refractivity contribution in [2.75, 3.05) is 37.6 Å². The number of hydrogen-bond donors (Lipinski definition) is 0. The molecule has 0 unspecified atom stereocenters. The summed E-state index contributed by atoms with van der Waals surface area (Å²) in [6.45, 7) is 11.8. The highest BCUT2D eigenvalue weighted by Crippen LogP contribution is 2.38. The molecule has 0 amide bonds. The lowest BCUT2D eigenvalue weighted by Crippen LogP contribution is -2.46. The van der Waals surface area contributed by atoms with Crippen LogP contribution in [0.25, 0.3) is 17.3 Å².